The molecular formula is C21H23N3O3S2. The molecule has 0 saturated heterocycles. The summed E-state index contributed by atoms with van der Waals surface area (Å²) in [6.07, 6.45) is 0.938. The van der Waals surface area contributed by atoms with Crippen molar-refractivity contribution in [2.75, 3.05) is 30.7 Å². The van der Waals surface area contributed by atoms with Crippen LogP contribution in [-0.4, -0.2) is 39.9 Å². The van der Waals surface area contributed by atoms with Crippen LogP contribution < -0.4 is 10.0 Å². The van der Waals surface area contributed by atoms with E-state index in [4.69, 9.17) is 0 Å². The first-order chi connectivity index (χ1) is 13.8. The molecule has 0 atom stereocenters. The highest BCUT2D eigenvalue weighted by Crippen LogP contribution is 2.21. The average Bonchev–Trinajstić information content (AvgIpc) is 3.23. The minimum absolute atomic E-state index is 0.224. The van der Waals surface area contributed by atoms with Crippen molar-refractivity contribution in [1.29, 1.82) is 0 Å². The Kier molecular flexibility index (Phi) is 6.68. The number of nitrogens with one attached hydrogen (secondary N) is 2. The maximum atomic E-state index is 12.6. The van der Waals surface area contributed by atoms with Crippen LogP contribution in [0.3, 0.4) is 0 Å². The minimum atomic E-state index is -3.65. The van der Waals surface area contributed by atoms with Crippen molar-refractivity contribution >= 4 is 38.6 Å². The van der Waals surface area contributed by atoms with Crippen molar-refractivity contribution < 1.29 is 13.2 Å². The average molecular weight is 430 g/mol. The fraction of sp³-hybridized carbons (Fsp3) is 0.190. The molecule has 0 aliphatic rings. The lowest BCUT2D eigenvalue weighted by atomic mass is 10.1. The fourth-order valence-corrected chi connectivity index (χ4v) is 4.70. The molecule has 0 fully saturated rings. The maximum Gasteiger partial charge on any atom is 0.271 e. The summed E-state index contributed by atoms with van der Waals surface area (Å²) in [4.78, 5) is 14.7. The largest absolute Gasteiger partial charge is 0.322 e. The van der Waals surface area contributed by atoms with Crippen LogP contribution in [0.5, 0.6) is 0 Å². The van der Waals surface area contributed by atoms with Crippen LogP contribution in [0.1, 0.15) is 15.9 Å². The molecule has 0 aliphatic heterocycles. The number of sulfonamides is 1. The second-order valence-electron chi connectivity index (χ2n) is 6.82. The van der Waals surface area contributed by atoms with E-state index in [0.29, 0.717) is 16.9 Å². The molecule has 0 saturated carbocycles. The number of anilines is 2. The molecular weight excluding hydrogens is 406 g/mol. The van der Waals surface area contributed by atoms with Crippen molar-refractivity contribution in [3.8, 4) is 0 Å². The number of rotatable bonds is 8. The summed E-state index contributed by atoms with van der Waals surface area (Å²) >= 11 is 1.14. The van der Waals surface area contributed by atoms with Gasteiger partial charge >= 0.3 is 0 Å². The van der Waals surface area contributed by atoms with Crippen LogP contribution >= 0.6 is 11.3 Å². The van der Waals surface area contributed by atoms with Crippen molar-refractivity contribution in [3.05, 3.63) is 77.2 Å². The van der Waals surface area contributed by atoms with Crippen LogP contribution in [0.2, 0.25) is 0 Å². The van der Waals surface area contributed by atoms with E-state index in [-0.39, 0.29) is 10.1 Å². The van der Waals surface area contributed by atoms with E-state index in [1.165, 1.54) is 17.7 Å². The Hall–Kier alpha value is -2.68. The monoisotopic (exact) mass is 429 g/mol. The normalized spacial score (nSPS) is 11.4. The van der Waals surface area contributed by atoms with Gasteiger partial charge in [-0.05, 0) is 67.9 Å². The first kappa shape index (κ1) is 21.0. The summed E-state index contributed by atoms with van der Waals surface area (Å²) in [5, 5.41) is 4.54. The maximum absolute atomic E-state index is 12.6. The first-order valence-electron chi connectivity index (χ1n) is 9.05. The van der Waals surface area contributed by atoms with Gasteiger partial charge in [-0.3, -0.25) is 9.52 Å². The molecule has 2 N–H and O–H groups in total. The van der Waals surface area contributed by atoms with E-state index < -0.39 is 10.0 Å². The van der Waals surface area contributed by atoms with Crippen LogP contribution in [0.25, 0.3) is 0 Å². The van der Waals surface area contributed by atoms with Gasteiger partial charge in [0.2, 0.25) is 0 Å². The first-order valence-corrected chi connectivity index (χ1v) is 11.4. The summed E-state index contributed by atoms with van der Waals surface area (Å²) in [5.41, 5.74) is 2.59. The van der Waals surface area contributed by atoms with E-state index in [9.17, 15) is 13.2 Å². The van der Waals surface area contributed by atoms with Gasteiger partial charge in [0, 0.05) is 23.5 Å². The smallest absolute Gasteiger partial charge is 0.271 e. The van der Waals surface area contributed by atoms with Crippen LogP contribution in [-0.2, 0) is 16.4 Å². The van der Waals surface area contributed by atoms with E-state index in [1.807, 2.05) is 38.4 Å². The number of carbonyl (C=O) groups excluding carboxylic acids is 1. The molecule has 0 spiro atoms. The van der Waals surface area contributed by atoms with Gasteiger partial charge < -0.3 is 10.2 Å². The summed E-state index contributed by atoms with van der Waals surface area (Å²) in [6.45, 7) is 0.958. The van der Waals surface area contributed by atoms with Gasteiger partial charge in [0.25, 0.3) is 15.9 Å². The van der Waals surface area contributed by atoms with Gasteiger partial charge in [-0.1, -0.05) is 24.3 Å². The molecule has 0 bridgehead atoms. The van der Waals surface area contributed by atoms with Crippen LogP contribution in [0.4, 0.5) is 11.4 Å². The molecule has 1 aromatic heterocycles. The highest BCUT2D eigenvalue weighted by Gasteiger charge is 2.16. The lowest BCUT2D eigenvalue weighted by Crippen LogP contribution is -2.15. The Morgan fingerprint density at radius 1 is 1.00 bits per heavy atom. The third kappa shape index (κ3) is 5.90. The van der Waals surface area contributed by atoms with Crippen molar-refractivity contribution in [1.82, 2.24) is 4.90 Å². The van der Waals surface area contributed by atoms with Crippen LogP contribution in [0, 0.1) is 0 Å². The molecule has 6 nitrogen and oxygen atoms in total. The minimum Gasteiger partial charge on any atom is -0.322 e. The molecule has 0 radical (unpaired) electrons. The summed E-state index contributed by atoms with van der Waals surface area (Å²) in [5.74, 6) is -0.303. The molecule has 0 aliphatic carbocycles. The fourth-order valence-electron chi connectivity index (χ4n) is 2.66. The van der Waals surface area contributed by atoms with E-state index >= 15 is 0 Å². The standard InChI is InChI=1S/C21H23N3O3S2/c1-24(2)13-12-16-8-10-18(11-9-16)22-21(25)17-5-3-6-19(15-17)23-29(26,27)20-7-4-14-28-20/h3-11,14-15,23H,12-13H2,1-2H3,(H,22,25). The number of thiophene rings is 1. The topological polar surface area (TPSA) is 78.5 Å². The molecule has 8 heteroatoms. The van der Waals surface area contributed by atoms with Gasteiger partial charge in [0.1, 0.15) is 4.21 Å². The number of benzene rings is 2. The summed E-state index contributed by atoms with van der Waals surface area (Å²) < 4.78 is 27.4. The number of carbonyl (C=O) groups is 1. The molecule has 2 aromatic carbocycles. The van der Waals surface area contributed by atoms with Crippen molar-refractivity contribution in [2.24, 2.45) is 0 Å². The highest BCUT2D eigenvalue weighted by molar-refractivity contribution is 7.94. The molecule has 3 rings (SSSR count). The predicted molar refractivity (Wildman–Crippen MR) is 118 cm³/mol. The number of nitrogens with zero attached hydrogens (tertiary/aromatic N) is 1. The molecule has 29 heavy (non-hydrogen) atoms. The Bertz CT molecular complexity index is 1060. The zero-order valence-corrected chi connectivity index (χ0v) is 17.9. The second-order valence-corrected chi connectivity index (χ2v) is 9.68. The molecule has 1 heterocycles. The van der Waals surface area contributed by atoms with Crippen molar-refractivity contribution in [2.45, 2.75) is 10.6 Å². The number of hydrogen-bond acceptors (Lipinski definition) is 5. The Balaban J connectivity index is 1.66. The molecule has 1 amide bonds. The summed E-state index contributed by atoms with van der Waals surface area (Å²) in [7, 11) is 0.408. The number of amides is 1. The van der Waals surface area contributed by atoms with Gasteiger partial charge in [0.15, 0.2) is 0 Å². The van der Waals surface area contributed by atoms with Gasteiger partial charge in [-0.15, -0.1) is 11.3 Å². The van der Waals surface area contributed by atoms with Crippen LogP contribution in [0.15, 0.2) is 70.3 Å². The zero-order valence-electron chi connectivity index (χ0n) is 16.3. The molecule has 0 unspecified atom stereocenters. The number of likely N-dealkylation sites (N-methyl/N-ethyl adjacent to an activating group) is 1. The zero-order chi connectivity index (χ0) is 20.9. The second kappa shape index (κ2) is 9.21. The Morgan fingerprint density at radius 2 is 1.76 bits per heavy atom. The molecule has 152 valence electrons. The Labute approximate surface area is 175 Å². The lowest BCUT2D eigenvalue weighted by Gasteiger charge is -2.11. The predicted octanol–water partition coefficient (Wildman–Crippen LogP) is 3.91. The third-order valence-electron chi connectivity index (χ3n) is 4.20. The van der Waals surface area contributed by atoms with Gasteiger partial charge in [0.05, 0.1) is 0 Å². The SMILES string of the molecule is CN(C)CCc1ccc(NC(=O)c2cccc(NS(=O)(=O)c3cccs3)c2)cc1. The van der Waals surface area contributed by atoms with Gasteiger partial charge in [-0.25, -0.2) is 8.42 Å². The highest BCUT2D eigenvalue weighted by atomic mass is 32.2. The molecule has 3 aromatic rings. The third-order valence-corrected chi connectivity index (χ3v) is 6.98. The number of hydrogen-bond donors (Lipinski definition) is 2. The Morgan fingerprint density at radius 3 is 2.41 bits per heavy atom. The van der Waals surface area contributed by atoms with E-state index in [0.717, 1.165) is 24.3 Å². The lowest BCUT2D eigenvalue weighted by molar-refractivity contribution is 0.102. The van der Waals surface area contributed by atoms with E-state index in [2.05, 4.69) is 14.9 Å². The van der Waals surface area contributed by atoms with Crippen molar-refractivity contribution in [3.63, 3.8) is 0 Å². The van der Waals surface area contributed by atoms with Gasteiger partial charge in [-0.2, -0.15) is 0 Å². The summed E-state index contributed by atoms with van der Waals surface area (Å²) in [6, 6.07) is 17.3. The van der Waals surface area contributed by atoms with E-state index in [1.54, 1.807) is 29.6 Å². The quantitative estimate of drug-likeness (QED) is 0.569.